The summed E-state index contributed by atoms with van der Waals surface area (Å²) in [7, 11) is 3.46. The monoisotopic (exact) mass is 292 g/mol. The van der Waals surface area contributed by atoms with Gasteiger partial charge in [0.05, 0.1) is 13.0 Å². The average Bonchev–Trinajstić information content (AvgIpc) is 2.43. The second kappa shape index (κ2) is 7.46. The summed E-state index contributed by atoms with van der Waals surface area (Å²) in [5.74, 6) is 0.764. The Bertz CT molecular complexity index is 466. The third-order valence-corrected chi connectivity index (χ3v) is 3.47. The second-order valence-electron chi connectivity index (χ2n) is 6.70. The number of methoxy groups -OCH3 is 1. The highest BCUT2D eigenvalue weighted by molar-refractivity contribution is 5.79. The number of carbonyl (C=O) groups excluding carboxylic acids is 1. The number of nitrogens with two attached hydrogens (primary N) is 1. The van der Waals surface area contributed by atoms with E-state index in [0.29, 0.717) is 13.1 Å². The van der Waals surface area contributed by atoms with Crippen LogP contribution in [0.1, 0.15) is 32.8 Å². The van der Waals surface area contributed by atoms with Gasteiger partial charge in [-0.1, -0.05) is 39.0 Å². The maximum absolute atomic E-state index is 12.6. The van der Waals surface area contributed by atoms with Crippen molar-refractivity contribution < 1.29 is 9.53 Å². The number of nitrogens with zero attached hydrogens (tertiary/aromatic N) is 1. The topological polar surface area (TPSA) is 55.6 Å². The lowest BCUT2D eigenvalue weighted by molar-refractivity contribution is -0.135. The minimum Gasteiger partial charge on any atom is -0.496 e. The Morgan fingerprint density at radius 3 is 2.48 bits per heavy atom. The summed E-state index contributed by atoms with van der Waals surface area (Å²) in [6.07, 6.45) is 0.790. The first-order valence-electron chi connectivity index (χ1n) is 7.35. The van der Waals surface area contributed by atoms with E-state index in [9.17, 15) is 4.79 Å². The molecule has 4 nitrogen and oxygen atoms in total. The number of benzene rings is 1. The minimum atomic E-state index is -0.135. The molecule has 1 rings (SSSR count). The Balaban J connectivity index is 2.77. The number of ether oxygens (including phenoxy) is 1. The molecular formula is C17H28N2O2. The van der Waals surface area contributed by atoms with Crippen LogP contribution in [0.25, 0.3) is 0 Å². The molecule has 1 aromatic rings. The maximum atomic E-state index is 12.6. The largest absolute Gasteiger partial charge is 0.496 e. The summed E-state index contributed by atoms with van der Waals surface area (Å²) < 4.78 is 5.33. The molecule has 0 fully saturated rings. The van der Waals surface area contributed by atoms with Gasteiger partial charge in [0.1, 0.15) is 5.75 Å². The van der Waals surface area contributed by atoms with Gasteiger partial charge in [0.15, 0.2) is 0 Å². The zero-order valence-corrected chi connectivity index (χ0v) is 13.8. The molecule has 118 valence electrons. The molecule has 0 spiro atoms. The van der Waals surface area contributed by atoms with E-state index in [2.05, 4.69) is 20.8 Å². The van der Waals surface area contributed by atoms with Crippen molar-refractivity contribution in [3.05, 3.63) is 29.8 Å². The smallest absolute Gasteiger partial charge is 0.227 e. The summed E-state index contributed by atoms with van der Waals surface area (Å²) in [5, 5.41) is 0. The van der Waals surface area contributed by atoms with Gasteiger partial charge in [0.25, 0.3) is 0 Å². The Labute approximate surface area is 128 Å². The first kappa shape index (κ1) is 17.5. The minimum absolute atomic E-state index is 0.0883. The molecule has 0 aliphatic rings. The molecule has 1 amide bonds. The normalized spacial score (nSPS) is 12.9. The molecule has 21 heavy (non-hydrogen) atoms. The van der Waals surface area contributed by atoms with E-state index in [0.717, 1.165) is 17.7 Å². The van der Waals surface area contributed by atoms with Crippen LogP contribution in [0.4, 0.5) is 0 Å². The zero-order valence-electron chi connectivity index (χ0n) is 13.8. The third kappa shape index (κ3) is 5.38. The standard InChI is InChI=1S/C17H28N2O2/c1-17(2,3)10-14(11-18)16(20)19(4)12-13-8-6-7-9-15(13)21-5/h6-9,14H,10-12,18H2,1-5H3. The molecule has 0 radical (unpaired) electrons. The number of hydrogen-bond donors (Lipinski definition) is 1. The van der Waals surface area contributed by atoms with Crippen molar-refractivity contribution in [1.29, 1.82) is 0 Å². The molecule has 0 aliphatic carbocycles. The predicted octanol–water partition coefficient (Wildman–Crippen LogP) is 2.66. The van der Waals surface area contributed by atoms with Crippen molar-refractivity contribution in [3.8, 4) is 5.75 Å². The van der Waals surface area contributed by atoms with E-state index in [1.54, 1.807) is 12.0 Å². The van der Waals surface area contributed by atoms with Crippen LogP contribution in [0.3, 0.4) is 0 Å². The third-order valence-electron chi connectivity index (χ3n) is 3.47. The number of amides is 1. The number of rotatable bonds is 6. The fraction of sp³-hybridized carbons (Fsp3) is 0.588. The van der Waals surface area contributed by atoms with Crippen LogP contribution >= 0.6 is 0 Å². The predicted molar refractivity (Wildman–Crippen MR) is 86.1 cm³/mol. The first-order valence-corrected chi connectivity index (χ1v) is 7.35. The van der Waals surface area contributed by atoms with Crippen LogP contribution in [0, 0.1) is 11.3 Å². The van der Waals surface area contributed by atoms with Gasteiger partial charge in [-0.3, -0.25) is 4.79 Å². The highest BCUT2D eigenvalue weighted by atomic mass is 16.5. The van der Waals surface area contributed by atoms with Gasteiger partial charge in [-0.05, 0) is 17.9 Å². The van der Waals surface area contributed by atoms with Crippen molar-refractivity contribution in [2.24, 2.45) is 17.1 Å². The summed E-state index contributed by atoms with van der Waals surface area (Å²) in [4.78, 5) is 14.3. The summed E-state index contributed by atoms with van der Waals surface area (Å²) >= 11 is 0. The van der Waals surface area contributed by atoms with Crippen molar-refractivity contribution in [1.82, 2.24) is 4.90 Å². The lowest BCUT2D eigenvalue weighted by Gasteiger charge is -2.28. The van der Waals surface area contributed by atoms with Gasteiger partial charge >= 0.3 is 0 Å². The number of carbonyl (C=O) groups is 1. The molecule has 0 saturated carbocycles. The van der Waals surface area contributed by atoms with Crippen LogP contribution in [-0.2, 0) is 11.3 Å². The summed E-state index contributed by atoms with van der Waals surface area (Å²) in [6, 6.07) is 7.76. The molecule has 2 N–H and O–H groups in total. The van der Waals surface area contributed by atoms with Crippen molar-refractivity contribution in [2.45, 2.75) is 33.7 Å². The van der Waals surface area contributed by atoms with Crippen LogP contribution in [-0.4, -0.2) is 31.5 Å². The second-order valence-corrected chi connectivity index (χ2v) is 6.70. The Morgan fingerprint density at radius 1 is 1.33 bits per heavy atom. The molecular weight excluding hydrogens is 264 g/mol. The van der Waals surface area contributed by atoms with Crippen LogP contribution < -0.4 is 10.5 Å². The van der Waals surface area contributed by atoms with Crippen LogP contribution in [0.5, 0.6) is 5.75 Å². The molecule has 1 aromatic carbocycles. The van der Waals surface area contributed by atoms with Crippen molar-refractivity contribution in [2.75, 3.05) is 20.7 Å². The quantitative estimate of drug-likeness (QED) is 0.877. The summed E-state index contributed by atoms with van der Waals surface area (Å²) in [5.41, 5.74) is 6.89. The Kier molecular flexibility index (Phi) is 6.21. The molecule has 1 unspecified atom stereocenters. The van der Waals surface area contributed by atoms with Gasteiger partial charge in [-0.15, -0.1) is 0 Å². The van der Waals surface area contributed by atoms with Gasteiger partial charge in [-0.25, -0.2) is 0 Å². The van der Waals surface area contributed by atoms with Crippen LogP contribution in [0.15, 0.2) is 24.3 Å². The molecule has 0 saturated heterocycles. The van der Waals surface area contributed by atoms with Gasteiger partial charge in [0, 0.05) is 25.7 Å². The van der Waals surface area contributed by atoms with E-state index in [1.807, 2.05) is 31.3 Å². The number of hydrogen-bond acceptors (Lipinski definition) is 3. The first-order chi connectivity index (χ1) is 9.78. The van der Waals surface area contributed by atoms with E-state index >= 15 is 0 Å². The molecule has 0 aliphatic heterocycles. The van der Waals surface area contributed by atoms with E-state index in [4.69, 9.17) is 10.5 Å². The van der Waals surface area contributed by atoms with Crippen molar-refractivity contribution in [3.63, 3.8) is 0 Å². The van der Waals surface area contributed by atoms with Crippen molar-refractivity contribution >= 4 is 5.91 Å². The van der Waals surface area contributed by atoms with E-state index < -0.39 is 0 Å². The highest BCUT2D eigenvalue weighted by Crippen LogP contribution is 2.26. The zero-order chi connectivity index (χ0) is 16.0. The Morgan fingerprint density at radius 2 is 1.95 bits per heavy atom. The Hall–Kier alpha value is -1.55. The fourth-order valence-corrected chi connectivity index (χ4v) is 2.49. The SMILES string of the molecule is COc1ccccc1CN(C)C(=O)C(CN)CC(C)(C)C. The average molecular weight is 292 g/mol. The summed E-state index contributed by atoms with van der Waals surface area (Å²) in [6.45, 7) is 7.30. The van der Waals surface area contributed by atoms with E-state index in [-0.39, 0.29) is 17.2 Å². The molecule has 0 bridgehead atoms. The molecule has 0 aromatic heterocycles. The van der Waals surface area contributed by atoms with Gasteiger partial charge in [-0.2, -0.15) is 0 Å². The van der Waals surface area contributed by atoms with Gasteiger partial charge in [0.2, 0.25) is 5.91 Å². The van der Waals surface area contributed by atoms with E-state index in [1.165, 1.54) is 0 Å². The van der Waals surface area contributed by atoms with Crippen LogP contribution in [0.2, 0.25) is 0 Å². The lowest BCUT2D eigenvalue weighted by atomic mass is 9.84. The highest BCUT2D eigenvalue weighted by Gasteiger charge is 2.26. The van der Waals surface area contributed by atoms with Gasteiger partial charge < -0.3 is 15.4 Å². The molecule has 4 heteroatoms. The lowest BCUT2D eigenvalue weighted by Crippen LogP contribution is -2.38. The molecule has 0 heterocycles. The molecule has 1 atom stereocenters. The maximum Gasteiger partial charge on any atom is 0.227 e. The number of para-hydroxylation sites is 1. The fourth-order valence-electron chi connectivity index (χ4n) is 2.49.